The summed E-state index contributed by atoms with van der Waals surface area (Å²) < 4.78 is 18.1. The van der Waals surface area contributed by atoms with Gasteiger partial charge in [0.2, 0.25) is 0 Å². The molecule has 0 aromatic rings. The van der Waals surface area contributed by atoms with Gasteiger partial charge in [0.25, 0.3) is 0 Å². The van der Waals surface area contributed by atoms with Crippen LogP contribution in [0.3, 0.4) is 0 Å². The molecule has 5 nitrogen and oxygen atoms in total. The maximum absolute atomic E-state index is 11.5. The van der Waals surface area contributed by atoms with Gasteiger partial charge in [0.15, 0.2) is 16.6 Å². The molecule has 4 atom stereocenters. The van der Waals surface area contributed by atoms with Crippen molar-refractivity contribution < 1.29 is 23.5 Å². The zero-order valence-corrected chi connectivity index (χ0v) is 25.4. The maximum Gasteiger partial charge on any atom is 0.309 e. The molecule has 0 fully saturated rings. The fourth-order valence-corrected chi connectivity index (χ4v) is 5.22. The minimum Gasteiger partial charge on any atom is -0.469 e. The lowest BCUT2D eigenvalue weighted by atomic mass is 9.85. The van der Waals surface area contributed by atoms with Crippen LogP contribution in [0.25, 0.3) is 0 Å². The first-order valence-corrected chi connectivity index (χ1v) is 17.7. The van der Waals surface area contributed by atoms with Crippen LogP contribution in [0.5, 0.6) is 0 Å². The Morgan fingerprint density at radius 2 is 1.44 bits per heavy atom. The zero-order chi connectivity index (χ0) is 25.7. The maximum atomic E-state index is 11.5. The molecule has 0 unspecified atom stereocenters. The van der Waals surface area contributed by atoms with E-state index in [1.807, 2.05) is 19.9 Å². The van der Waals surface area contributed by atoms with E-state index >= 15 is 0 Å². The molecule has 0 bridgehead atoms. The van der Waals surface area contributed by atoms with Crippen molar-refractivity contribution in [3.8, 4) is 0 Å². The molecule has 0 amide bonds. The van der Waals surface area contributed by atoms with E-state index in [-0.39, 0.29) is 40.4 Å². The average molecular weight is 489 g/mol. The SMILES string of the molecule is COC(=O)C/C=C(\C)[C@H](C)[C@H](O)[C@@H](C)[C@@H](CO[Si](C)(C)C(C)(C)C)O[Si](C)(C)C(C)(C)C. The summed E-state index contributed by atoms with van der Waals surface area (Å²) >= 11 is 0. The lowest BCUT2D eigenvalue weighted by Gasteiger charge is -2.44. The summed E-state index contributed by atoms with van der Waals surface area (Å²) in [5, 5.41) is 11.4. The molecule has 0 spiro atoms. The number of hydrogen-bond donors (Lipinski definition) is 1. The molecule has 0 aromatic heterocycles. The van der Waals surface area contributed by atoms with Gasteiger partial charge >= 0.3 is 5.97 Å². The summed E-state index contributed by atoms with van der Waals surface area (Å²) in [6.45, 7) is 28.9. The van der Waals surface area contributed by atoms with E-state index in [4.69, 9.17) is 13.6 Å². The monoisotopic (exact) mass is 488 g/mol. The van der Waals surface area contributed by atoms with Crippen molar-refractivity contribution in [2.45, 2.75) is 117 Å². The predicted octanol–water partition coefficient (Wildman–Crippen LogP) is 6.54. The number of aliphatic hydroxyl groups is 1. The molecule has 0 saturated heterocycles. The van der Waals surface area contributed by atoms with Crippen LogP contribution < -0.4 is 0 Å². The number of rotatable bonds is 11. The van der Waals surface area contributed by atoms with Gasteiger partial charge in [-0.3, -0.25) is 4.79 Å². The standard InChI is InChI=1S/C25H52O5Si2/c1-18(15-16-22(26)28-10)19(2)23(27)20(3)21(30-32(13,14)25(7,8)9)17-29-31(11,12)24(4,5)6/h15,19-21,23,27H,16-17H2,1-14H3/b18-15+/t19-,20-,21+,23-/m0/s1. The normalized spacial score (nSPS) is 18.2. The van der Waals surface area contributed by atoms with E-state index in [0.29, 0.717) is 6.61 Å². The van der Waals surface area contributed by atoms with Gasteiger partial charge in [-0.15, -0.1) is 0 Å². The predicted molar refractivity (Wildman–Crippen MR) is 140 cm³/mol. The third-order valence-electron chi connectivity index (χ3n) is 7.84. The van der Waals surface area contributed by atoms with Crippen LogP contribution in [0.2, 0.25) is 36.3 Å². The minimum atomic E-state index is -2.07. The second-order valence-corrected chi connectivity index (χ2v) is 21.9. The van der Waals surface area contributed by atoms with Gasteiger partial charge in [0.05, 0.1) is 32.3 Å². The van der Waals surface area contributed by atoms with Crippen LogP contribution in [0.1, 0.15) is 68.7 Å². The number of ether oxygens (including phenoxy) is 1. The lowest BCUT2D eigenvalue weighted by Crippen LogP contribution is -2.51. The van der Waals surface area contributed by atoms with E-state index in [2.05, 4.69) is 74.7 Å². The summed E-state index contributed by atoms with van der Waals surface area (Å²) in [6.07, 6.45) is 1.26. The Morgan fingerprint density at radius 1 is 0.969 bits per heavy atom. The van der Waals surface area contributed by atoms with Crippen LogP contribution in [0.15, 0.2) is 11.6 Å². The molecular formula is C25H52O5Si2. The van der Waals surface area contributed by atoms with Crippen molar-refractivity contribution in [1.29, 1.82) is 0 Å². The van der Waals surface area contributed by atoms with Crippen LogP contribution in [0, 0.1) is 11.8 Å². The highest BCUT2D eigenvalue weighted by Crippen LogP contribution is 2.40. The van der Waals surface area contributed by atoms with Crippen molar-refractivity contribution in [3.63, 3.8) is 0 Å². The van der Waals surface area contributed by atoms with Gasteiger partial charge in [-0.2, -0.15) is 0 Å². The summed E-state index contributed by atoms with van der Waals surface area (Å²) in [7, 11) is -2.64. The molecule has 1 N–H and O–H groups in total. The van der Waals surface area contributed by atoms with E-state index in [1.54, 1.807) is 0 Å². The third kappa shape index (κ3) is 9.05. The molecule has 0 rings (SSSR count). The van der Waals surface area contributed by atoms with Gasteiger partial charge < -0.3 is 18.7 Å². The molecule has 190 valence electrons. The minimum absolute atomic E-state index is 0.0643. The smallest absolute Gasteiger partial charge is 0.309 e. The first-order valence-electron chi connectivity index (χ1n) is 11.9. The number of carbonyl (C=O) groups is 1. The Hall–Kier alpha value is -0.476. The lowest BCUT2D eigenvalue weighted by molar-refractivity contribution is -0.139. The molecule has 0 aromatic carbocycles. The number of aliphatic hydroxyl groups excluding tert-OH is 1. The van der Waals surface area contributed by atoms with Crippen LogP contribution >= 0.6 is 0 Å². The van der Waals surface area contributed by atoms with Crippen molar-refractivity contribution in [1.82, 2.24) is 0 Å². The number of carbonyl (C=O) groups excluding carboxylic acids is 1. The van der Waals surface area contributed by atoms with Crippen molar-refractivity contribution in [2.24, 2.45) is 11.8 Å². The molecule has 32 heavy (non-hydrogen) atoms. The summed E-state index contributed by atoms with van der Waals surface area (Å²) in [6, 6.07) is 0. The Kier molecular flexibility index (Phi) is 11.6. The van der Waals surface area contributed by atoms with Crippen molar-refractivity contribution in [2.75, 3.05) is 13.7 Å². The zero-order valence-electron chi connectivity index (χ0n) is 23.4. The molecule has 0 aliphatic heterocycles. The van der Waals surface area contributed by atoms with Crippen molar-refractivity contribution in [3.05, 3.63) is 11.6 Å². The molecular weight excluding hydrogens is 436 g/mol. The van der Waals surface area contributed by atoms with Crippen molar-refractivity contribution >= 4 is 22.6 Å². The topological polar surface area (TPSA) is 65.0 Å². The van der Waals surface area contributed by atoms with E-state index in [1.165, 1.54) is 7.11 Å². The first kappa shape index (κ1) is 31.5. The molecule has 0 aliphatic rings. The van der Waals surface area contributed by atoms with Crippen LogP contribution in [-0.2, 0) is 18.4 Å². The molecule has 0 saturated carbocycles. The van der Waals surface area contributed by atoms with E-state index in [9.17, 15) is 9.90 Å². The number of esters is 1. The third-order valence-corrected chi connectivity index (χ3v) is 16.8. The highest BCUT2D eigenvalue weighted by molar-refractivity contribution is 6.74. The Balaban J connectivity index is 5.74. The highest BCUT2D eigenvalue weighted by Gasteiger charge is 2.43. The van der Waals surface area contributed by atoms with E-state index < -0.39 is 22.7 Å². The molecule has 0 heterocycles. The van der Waals surface area contributed by atoms with E-state index in [0.717, 1.165) is 5.57 Å². The van der Waals surface area contributed by atoms with Gasteiger partial charge in [-0.25, -0.2) is 0 Å². The van der Waals surface area contributed by atoms with Gasteiger partial charge in [-0.05, 0) is 43.2 Å². The van der Waals surface area contributed by atoms with Crippen LogP contribution in [-0.4, -0.2) is 53.6 Å². The summed E-state index contributed by atoms with van der Waals surface area (Å²) in [5.41, 5.74) is 0.978. The summed E-state index contributed by atoms with van der Waals surface area (Å²) in [4.78, 5) is 11.5. The second-order valence-electron chi connectivity index (χ2n) is 12.4. The Bertz CT molecular complexity index is 629. The van der Waals surface area contributed by atoms with Gasteiger partial charge in [0, 0.05) is 11.8 Å². The van der Waals surface area contributed by atoms with Gasteiger partial charge in [-0.1, -0.05) is 67.0 Å². The highest BCUT2D eigenvalue weighted by atomic mass is 28.4. The largest absolute Gasteiger partial charge is 0.469 e. The Labute approximate surface area is 200 Å². The fraction of sp³-hybridized carbons (Fsp3) is 0.880. The molecule has 0 radical (unpaired) electrons. The summed E-state index contributed by atoms with van der Waals surface area (Å²) in [5.74, 6) is -0.501. The number of hydrogen-bond acceptors (Lipinski definition) is 5. The number of methoxy groups -OCH3 is 1. The van der Waals surface area contributed by atoms with Crippen LogP contribution in [0.4, 0.5) is 0 Å². The second kappa shape index (κ2) is 11.8. The fourth-order valence-electron chi connectivity index (χ4n) is 2.81. The Morgan fingerprint density at radius 3 is 1.84 bits per heavy atom. The molecule has 7 heteroatoms. The molecule has 0 aliphatic carbocycles. The quantitative estimate of drug-likeness (QED) is 0.203. The first-order chi connectivity index (χ1) is 14.2. The van der Waals surface area contributed by atoms with Gasteiger partial charge in [0.1, 0.15) is 0 Å². The average Bonchev–Trinajstić information content (AvgIpc) is 2.65.